The Labute approximate surface area is 107 Å². The summed E-state index contributed by atoms with van der Waals surface area (Å²) in [6, 6.07) is 1.82. The zero-order valence-electron chi connectivity index (χ0n) is 10.2. The van der Waals surface area contributed by atoms with Crippen LogP contribution in [0.4, 0.5) is 11.5 Å². The van der Waals surface area contributed by atoms with Crippen LogP contribution in [-0.4, -0.2) is 30.8 Å². The first-order valence-corrected chi connectivity index (χ1v) is 6.23. The number of aromatic nitrogens is 1. The van der Waals surface area contributed by atoms with E-state index in [1.807, 2.05) is 6.07 Å². The zero-order valence-corrected chi connectivity index (χ0v) is 10.9. The van der Waals surface area contributed by atoms with E-state index < -0.39 is 0 Å². The number of morpholine rings is 1. The van der Waals surface area contributed by atoms with Gasteiger partial charge in [0.05, 0.1) is 23.4 Å². The van der Waals surface area contributed by atoms with Gasteiger partial charge < -0.3 is 15.4 Å². The van der Waals surface area contributed by atoms with Crippen molar-refractivity contribution in [2.24, 2.45) is 5.92 Å². The van der Waals surface area contributed by atoms with Crippen molar-refractivity contribution in [1.29, 1.82) is 0 Å². The van der Waals surface area contributed by atoms with Crippen LogP contribution >= 0.6 is 11.6 Å². The summed E-state index contributed by atoms with van der Waals surface area (Å²) < 4.78 is 5.72. The van der Waals surface area contributed by atoms with Gasteiger partial charge in [0, 0.05) is 25.4 Å². The SMILES string of the molecule is CC(C)[C@@H]1CN(c2cc(N)c(Cl)cn2)CCO1. The monoisotopic (exact) mass is 255 g/mol. The molecule has 1 atom stereocenters. The number of nitrogen functional groups attached to an aromatic ring is 1. The third-order valence-electron chi connectivity index (χ3n) is 3.03. The second-order valence-corrected chi connectivity index (χ2v) is 5.07. The Hall–Kier alpha value is -1.00. The van der Waals surface area contributed by atoms with Crippen LogP contribution in [-0.2, 0) is 4.74 Å². The molecule has 0 radical (unpaired) electrons. The molecule has 94 valence electrons. The van der Waals surface area contributed by atoms with Gasteiger partial charge in [-0.1, -0.05) is 25.4 Å². The van der Waals surface area contributed by atoms with E-state index in [1.165, 1.54) is 0 Å². The minimum absolute atomic E-state index is 0.252. The van der Waals surface area contributed by atoms with Crippen LogP contribution in [0.25, 0.3) is 0 Å². The van der Waals surface area contributed by atoms with Gasteiger partial charge in [0.15, 0.2) is 0 Å². The molecule has 0 aliphatic carbocycles. The van der Waals surface area contributed by atoms with E-state index in [2.05, 4.69) is 23.7 Å². The highest BCUT2D eigenvalue weighted by atomic mass is 35.5. The molecule has 1 fully saturated rings. The lowest BCUT2D eigenvalue weighted by molar-refractivity contribution is 0.0112. The standard InChI is InChI=1S/C12H18ClN3O/c1-8(2)11-7-16(3-4-17-11)12-5-10(14)9(13)6-15-12/h5-6,8,11H,3-4,7H2,1-2H3,(H2,14,15)/t11-/m0/s1. The molecule has 5 heteroatoms. The molecule has 17 heavy (non-hydrogen) atoms. The summed E-state index contributed by atoms with van der Waals surface area (Å²) in [4.78, 5) is 6.51. The highest BCUT2D eigenvalue weighted by Gasteiger charge is 2.24. The van der Waals surface area contributed by atoms with Gasteiger partial charge in [-0.2, -0.15) is 0 Å². The van der Waals surface area contributed by atoms with E-state index in [0.717, 1.165) is 25.5 Å². The van der Waals surface area contributed by atoms with Crippen molar-refractivity contribution in [3.05, 3.63) is 17.3 Å². The Bertz CT molecular complexity index is 397. The first kappa shape index (κ1) is 12.5. The largest absolute Gasteiger partial charge is 0.397 e. The number of nitrogens with zero attached hydrogens (tertiary/aromatic N) is 2. The van der Waals surface area contributed by atoms with Crippen molar-refractivity contribution >= 4 is 23.1 Å². The number of pyridine rings is 1. The lowest BCUT2D eigenvalue weighted by Crippen LogP contribution is -2.45. The second kappa shape index (κ2) is 5.10. The van der Waals surface area contributed by atoms with Crippen LogP contribution in [0.1, 0.15) is 13.8 Å². The molecule has 2 N–H and O–H groups in total. The number of rotatable bonds is 2. The fourth-order valence-corrected chi connectivity index (χ4v) is 2.01. The molecule has 0 saturated carbocycles. The van der Waals surface area contributed by atoms with E-state index in [9.17, 15) is 0 Å². The predicted molar refractivity (Wildman–Crippen MR) is 70.5 cm³/mol. The quantitative estimate of drug-likeness (QED) is 0.880. The molecule has 0 spiro atoms. The molecular formula is C12H18ClN3O. The molecule has 0 amide bonds. The van der Waals surface area contributed by atoms with E-state index in [4.69, 9.17) is 22.1 Å². The molecule has 1 aromatic heterocycles. The molecule has 1 aromatic rings. The van der Waals surface area contributed by atoms with Gasteiger partial charge in [0.25, 0.3) is 0 Å². The smallest absolute Gasteiger partial charge is 0.130 e. The molecule has 4 nitrogen and oxygen atoms in total. The van der Waals surface area contributed by atoms with Gasteiger partial charge in [-0.3, -0.25) is 0 Å². The summed E-state index contributed by atoms with van der Waals surface area (Å²) >= 11 is 5.87. The number of ether oxygens (including phenoxy) is 1. The fraction of sp³-hybridized carbons (Fsp3) is 0.583. The summed E-state index contributed by atoms with van der Waals surface area (Å²) in [6.45, 7) is 6.76. The number of nitrogens with two attached hydrogens (primary N) is 1. The predicted octanol–water partition coefficient (Wildman–Crippen LogP) is 2.18. The average Bonchev–Trinajstić information content (AvgIpc) is 2.33. The lowest BCUT2D eigenvalue weighted by atomic mass is 10.1. The molecule has 2 heterocycles. The normalized spacial score (nSPS) is 20.9. The zero-order chi connectivity index (χ0) is 12.4. The highest BCUT2D eigenvalue weighted by molar-refractivity contribution is 6.32. The van der Waals surface area contributed by atoms with Crippen LogP contribution in [0, 0.1) is 5.92 Å². The van der Waals surface area contributed by atoms with Crippen LogP contribution in [0.15, 0.2) is 12.3 Å². The molecule has 0 aromatic carbocycles. The Morgan fingerprint density at radius 3 is 3.00 bits per heavy atom. The maximum atomic E-state index is 5.87. The van der Waals surface area contributed by atoms with E-state index in [-0.39, 0.29) is 6.10 Å². The summed E-state index contributed by atoms with van der Waals surface area (Å²) in [5.41, 5.74) is 6.37. The summed E-state index contributed by atoms with van der Waals surface area (Å²) in [7, 11) is 0. The Morgan fingerprint density at radius 1 is 1.59 bits per heavy atom. The fourth-order valence-electron chi connectivity index (χ4n) is 1.90. The number of hydrogen-bond acceptors (Lipinski definition) is 4. The first-order valence-electron chi connectivity index (χ1n) is 5.85. The van der Waals surface area contributed by atoms with Crippen LogP contribution in [0.5, 0.6) is 0 Å². The van der Waals surface area contributed by atoms with E-state index >= 15 is 0 Å². The number of anilines is 2. The topological polar surface area (TPSA) is 51.4 Å². The molecule has 2 rings (SSSR count). The van der Waals surface area contributed by atoms with Crippen molar-refractivity contribution < 1.29 is 4.74 Å². The third kappa shape index (κ3) is 2.82. The molecule has 0 bridgehead atoms. The van der Waals surface area contributed by atoms with Gasteiger partial charge >= 0.3 is 0 Å². The van der Waals surface area contributed by atoms with Gasteiger partial charge in [-0.25, -0.2) is 4.98 Å². The number of hydrogen-bond donors (Lipinski definition) is 1. The van der Waals surface area contributed by atoms with Gasteiger partial charge in [-0.15, -0.1) is 0 Å². The highest BCUT2D eigenvalue weighted by Crippen LogP contribution is 2.24. The molecular weight excluding hydrogens is 238 g/mol. The minimum atomic E-state index is 0.252. The van der Waals surface area contributed by atoms with Crippen molar-refractivity contribution in [2.45, 2.75) is 20.0 Å². The Kier molecular flexibility index (Phi) is 3.74. The molecule has 1 saturated heterocycles. The van der Waals surface area contributed by atoms with Crippen molar-refractivity contribution in [3.63, 3.8) is 0 Å². The van der Waals surface area contributed by atoms with Gasteiger partial charge in [0.1, 0.15) is 5.82 Å². The lowest BCUT2D eigenvalue weighted by Gasteiger charge is -2.35. The summed E-state index contributed by atoms with van der Waals surface area (Å²) in [5.74, 6) is 1.38. The molecule has 1 aliphatic rings. The molecule has 1 aliphatic heterocycles. The van der Waals surface area contributed by atoms with Crippen molar-refractivity contribution in [2.75, 3.05) is 30.3 Å². The van der Waals surface area contributed by atoms with E-state index in [0.29, 0.717) is 16.6 Å². The first-order chi connectivity index (χ1) is 8.08. The molecule has 0 unspecified atom stereocenters. The Balaban J connectivity index is 2.13. The second-order valence-electron chi connectivity index (χ2n) is 4.66. The van der Waals surface area contributed by atoms with Crippen molar-refractivity contribution in [1.82, 2.24) is 4.98 Å². The van der Waals surface area contributed by atoms with Crippen molar-refractivity contribution in [3.8, 4) is 0 Å². The number of halogens is 1. The third-order valence-corrected chi connectivity index (χ3v) is 3.35. The van der Waals surface area contributed by atoms with E-state index in [1.54, 1.807) is 6.20 Å². The summed E-state index contributed by atoms with van der Waals surface area (Å²) in [6.07, 6.45) is 1.86. The maximum absolute atomic E-state index is 5.87. The van der Waals surface area contributed by atoms with Crippen LogP contribution in [0.3, 0.4) is 0 Å². The van der Waals surface area contributed by atoms with Gasteiger partial charge in [0.2, 0.25) is 0 Å². The van der Waals surface area contributed by atoms with Gasteiger partial charge in [-0.05, 0) is 5.92 Å². The van der Waals surface area contributed by atoms with Crippen LogP contribution in [0.2, 0.25) is 5.02 Å². The summed E-state index contributed by atoms with van der Waals surface area (Å²) in [5, 5.41) is 0.502. The average molecular weight is 256 g/mol. The minimum Gasteiger partial charge on any atom is -0.397 e. The maximum Gasteiger partial charge on any atom is 0.130 e. The Morgan fingerprint density at radius 2 is 2.35 bits per heavy atom. The van der Waals surface area contributed by atoms with Crippen LogP contribution < -0.4 is 10.6 Å².